The molecule has 1 aliphatic rings. The summed E-state index contributed by atoms with van der Waals surface area (Å²) in [6, 6.07) is 0.672. The molecule has 1 aromatic rings. The molecule has 1 aromatic heterocycles. The highest BCUT2D eigenvalue weighted by molar-refractivity contribution is 7.99. The first-order chi connectivity index (χ1) is 8.31. The third-order valence-electron chi connectivity index (χ3n) is 3.53. The maximum atomic E-state index is 4.36. The van der Waals surface area contributed by atoms with Gasteiger partial charge < -0.3 is 9.88 Å². The summed E-state index contributed by atoms with van der Waals surface area (Å²) in [5.74, 6) is 2.36. The van der Waals surface area contributed by atoms with Gasteiger partial charge in [-0.25, -0.2) is 4.98 Å². The molecule has 2 rings (SSSR count). The largest absolute Gasteiger partial charge is 0.337 e. The predicted molar refractivity (Wildman–Crippen MR) is 74.2 cm³/mol. The minimum absolute atomic E-state index is 0.672. The van der Waals surface area contributed by atoms with E-state index in [-0.39, 0.29) is 0 Å². The van der Waals surface area contributed by atoms with Gasteiger partial charge in [0.05, 0.1) is 6.54 Å². The van der Waals surface area contributed by atoms with E-state index < -0.39 is 0 Å². The molecule has 0 radical (unpaired) electrons. The molecule has 3 nitrogen and oxygen atoms in total. The van der Waals surface area contributed by atoms with Gasteiger partial charge in [-0.1, -0.05) is 19.8 Å². The van der Waals surface area contributed by atoms with Gasteiger partial charge >= 0.3 is 0 Å². The average molecular weight is 253 g/mol. The summed E-state index contributed by atoms with van der Waals surface area (Å²) in [5.41, 5.74) is 0. The van der Waals surface area contributed by atoms with Gasteiger partial charge in [-0.2, -0.15) is 11.8 Å². The maximum absolute atomic E-state index is 4.36. The highest BCUT2D eigenvalue weighted by Gasteiger charge is 2.24. The van der Waals surface area contributed by atoms with Crippen LogP contribution in [0.5, 0.6) is 0 Å². The first-order valence-electron chi connectivity index (χ1n) is 6.62. The number of hydrogen-bond donors (Lipinski definition) is 1. The first kappa shape index (κ1) is 13.0. The Bertz CT molecular complexity index is 335. The molecule has 17 heavy (non-hydrogen) atoms. The molecule has 1 fully saturated rings. The Balaban J connectivity index is 1.86. The quantitative estimate of drug-likeness (QED) is 0.874. The van der Waals surface area contributed by atoms with Crippen molar-refractivity contribution in [1.82, 2.24) is 14.9 Å². The Kier molecular flexibility index (Phi) is 4.92. The van der Waals surface area contributed by atoms with E-state index in [2.05, 4.69) is 40.6 Å². The number of hydrogen-bond acceptors (Lipinski definition) is 3. The van der Waals surface area contributed by atoms with Gasteiger partial charge in [-0.05, 0) is 18.6 Å². The molecule has 2 atom stereocenters. The number of rotatable bonds is 5. The molecule has 0 aliphatic heterocycles. The smallest absolute Gasteiger partial charge is 0.122 e. The lowest BCUT2D eigenvalue weighted by atomic mass is 9.95. The summed E-state index contributed by atoms with van der Waals surface area (Å²) in [7, 11) is 2.06. The van der Waals surface area contributed by atoms with Gasteiger partial charge in [0, 0.05) is 30.7 Å². The molecular weight excluding hydrogens is 230 g/mol. The van der Waals surface area contributed by atoms with Crippen molar-refractivity contribution in [2.24, 2.45) is 7.05 Å². The molecule has 1 heterocycles. The van der Waals surface area contributed by atoms with Crippen LogP contribution in [0.3, 0.4) is 0 Å². The van der Waals surface area contributed by atoms with Crippen molar-refractivity contribution in [3.8, 4) is 0 Å². The highest BCUT2D eigenvalue weighted by Crippen LogP contribution is 2.28. The van der Waals surface area contributed by atoms with Gasteiger partial charge in [-0.15, -0.1) is 0 Å². The highest BCUT2D eigenvalue weighted by atomic mass is 32.2. The number of nitrogens with one attached hydrogen (secondary N) is 1. The summed E-state index contributed by atoms with van der Waals surface area (Å²) in [6.45, 7) is 3.16. The second-order valence-electron chi connectivity index (χ2n) is 4.72. The SMILES string of the molecule is CCS[C@H]1CCCC[C@@H]1NCc1nccn1C. The summed E-state index contributed by atoms with van der Waals surface area (Å²) in [6.07, 6.45) is 9.35. The van der Waals surface area contributed by atoms with Crippen LogP contribution in [0.15, 0.2) is 12.4 Å². The molecule has 96 valence electrons. The lowest BCUT2D eigenvalue weighted by molar-refractivity contribution is 0.378. The maximum Gasteiger partial charge on any atom is 0.122 e. The molecule has 1 N–H and O–H groups in total. The topological polar surface area (TPSA) is 29.9 Å². The first-order valence-corrected chi connectivity index (χ1v) is 7.67. The van der Waals surface area contributed by atoms with Crippen molar-refractivity contribution in [3.63, 3.8) is 0 Å². The number of imidazole rings is 1. The molecule has 0 unspecified atom stereocenters. The molecule has 1 saturated carbocycles. The fourth-order valence-corrected chi connectivity index (χ4v) is 3.76. The van der Waals surface area contributed by atoms with Crippen molar-refractivity contribution in [2.45, 2.75) is 50.4 Å². The molecule has 1 aliphatic carbocycles. The van der Waals surface area contributed by atoms with E-state index in [9.17, 15) is 0 Å². The van der Waals surface area contributed by atoms with E-state index in [4.69, 9.17) is 0 Å². The summed E-state index contributed by atoms with van der Waals surface area (Å²) < 4.78 is 2.10. The van der Waals surface area contributed by atoms with Crippen molar-refractivity contribution in [2.75, 3.05) is 5.75 Å². The number of thioether (sulfide) groups is 1. The Labute approximate surface area is 108 Å². The number of nitrogens with zero attached hydrogens (tertiary/aromatic N) is 2. The van der Waals surface area contributed by atoms with E-state index in [0.29, 0.717) is 6.04 Å². The van der Waals surface area contributed by atoms with E-state index in [1.54, 1.807) is 0 Å². The number of aromatic nitrogens is 2. The predicted octanol–water partition coefficient (Wildman–Crippen LogP) is 2.57. The lowest BCUT2D eigenvalue weighted by Crippen LogP contribution is -2.40. The van der Waals surface area contributed by atoms with Crippen molar-refractivity contribution in [1.29, 1.82) is 0 Å². The third-order valence-corrected chi connectivity index (χ3v) is 4.85. The van der Waals surface area contributed by atoms with E-state index in [1.807, 2.05) is 12.4 Å². The zero-order valence-electron chi connectivity index (χ0n) is 10.9. The normalized spacial score (nSPS) is 25.1. The van der Waals surface area contributed by atoms with Crippen molar-refractivity contribution < 1.29 is 0 Å². The Morgan fingerprint density at radius 1 is 1.47 bits per heavy atom. The Morgan fingerprint density at radius 3 is 3.00 bits per heavy atom. The summed E-state index contributed by atoms with van der Waals surface area (Å²) in [4.78, 5) is 4.36. The van der Waals surface area contributed by atoms with Crippen LogP contribution < -0.4 is 5.32 Å². The van der Waals surface area contributed by atoms with Crippen LogP contribution in [-0.2, 0) is 13.6 Å². The molecule has 0 spiro atoms. The molecule has 0 amide bonds. The van der Waals surface area contributed by atoms with Crippen LogP contribution in [0.25, 0.3) is 0 Å². The second-order valence-corrected chi connectivity index (χ2v) is 6.24. The standard InChI is InChI=1S/C13H23N3S/c1-3-17-12-7-5-4-6-11(12)15-10-13-14-8-9-16(13)2/h8-9,11-12,15H,3-7,10H2,1-2H3/t11-,12-/m0/s1. The zero-order valence-corrected chi connectivity index (χ0v) is 11.7. The van der Waals surface area contributed by atoms with Gasteiger partial charge in [-0.3, -0.25) is 0 Å². The Morgan fingerprint density at radius 2 is 2.29 bits per heavy atom. The van der Waals surface area contributed by atoms with Crippen LogP contribution in [0, 0.1) is 0 Å². The fourth-order valence-electron chi connectivity index (χ4n) is 2.53. The van der Waals surface area contributed by atoms with Crippen molar-refractivity contribution in [3.05, 3.63) is 18.2 Å². The third kappa shape index (κ3) is 3.49. The van der Waals surface area contributed by atoms with Gasteiger partial charge in [0.15, 0.2) is 0 Å². The van der Waals surface area contributed by atoms with Crippen LogP contribution in [0.1, 0.15) is 38.4 Å². The van der Waals surface area contributed by atoms with Crippen LogP contribution >= 0.6 is 11.8 Å². The lowest BCUT2D eigenvalue weighted by Gasteiger charge is -2.31. The van der Waals surface area contributed by atoms with E-state index >= 15 is 0 Å². The molecule has 0 bridgehead atoms. The minimum atomic E-state index is 0.672. The monoisotopic (exact) mass is 253 g/mol. The summed E-state index contributed by atoms with van der Waals surface area (Å²) >= 11 is 2.11. The molecule has 0 aromatic carbocycles. The van der Waals surface area contributed by atoms with Crippen LogP contribution in [-0.4, -0.2) is 26.6 Å². The number of aryl methyl sites for hydroxylation is 1. The van der Waals surface area contributed by atoms with Crippen molar-refractivity contribution >= 4 is 11.8 Å². The van der Waals surface area contributed by atoms with Crippen LogP contribution in [0.2, 0.25) is 0 Å². The van der Waals surface area contributed by atoms with Gasteiger partial charge in [0.1, 0.15) is 5.82 Å². The zero-order chi connectivity index (χ0) is 12.1. The molecular formula is C13H23N3S. The van der Waals surface area contributed by atoms with Gasteiger partial charge in [0.2, 0.25) is 0 Å². The second kappa shape index (κ2) is 6.45. The molecule has 4 heteroatoms. The Hall–Kier alpha value is -0.480. The minimum Gasteiger partial charge on any atom is -0.337 e. The van der Waals surface area contributed by atoms with Gasteiger partial charge in [0.25, 0.3) is 0 Å². The molecule has 0 saturated heterocycles. The fraction of sp³-hybridized carbons (Fsp3) is 0.769. The van der Waals surface area contributed by atoms with E-state index in [0.717, 1.165) is 17.6 Å². The average Bonchev–Trinajstić information content (AvgIpc) is 2.74. The van der Waals surface area contributed by atoms with Crippen LogP contribution in [0.4, 0.5) is 0 Å². The summed E-state index contributed by atoms with van der Waals surface area (Å²) in [5, 5.41) is 4.50. The van der Waals surface area contributed by atoms with E-state index in [1.165, 1.54) is 31.4 Å².